The van der Waals surface area contributed by atoms with Crippen molar-refractivity contribution in [1.82, 2.24) is 29.5 Å². The van der Waals surface area contributed by atoms with Gasteiger partial charge in [0.2, 0.25) is 0 Å². The van der Waals surface area contributed by atoms with Crippen molar-refractivity contribution in [2.24, 2.45) is 0 Å². The van der Waals surface area contributed by atoms with Crippen LogP contribution in [0.3, 0.4) is 0 Å². The molecule has 3 heterocycles. The third-order valence-electron chi connectivity index (χ3n) is 5.57. The van der Waals surface area contributed by atoms with E-state index in [-0.39, 0.29) is 11.7 Å². The van der Waals surface area contributed by atoms with Gasteiger partial charge in [0.15, 0.2) is 11.5 Å². The van der Waals surface area contributed by atoms with Crippen LogP contribution in [0.1, 0.15) is 35.8 Å². The third kappa shape index (κ3) is 4.65. The van der Waals surface area contributed by atoms with Crippen molar-refractivity contribution >= 4 is 22.8 Å². The fourth-order valence-electron chi connectivity index (χ4n) is 3.75. The third-order valence-corrected chi connectivity index (χ3v) is 5.57. The van der Waals surface area contributed by atoms with Crippen molar-refractivity contribution in [3.8, 4) is 17.3 Å². The summed E-state index contributed by atoms with van der Waals surface area (Å²) in [6.45, 7) is 4.58. The molecule has 10 heteroatoms. The van der Waals surface area contributed by atoms with Crippen LogP contribution in [-0.2, 0) is 0 Å². The molecule has 36 heavy (non-hydrogen) atoms. The number of carbonyl (C=O) groups excluding carboxylic acids is 1. The van der Waals surface area contributed by atoms with Crippen LogP contribution in [0.2, 0.25) is 0 Å². The fraction of sp³-hybridized carbons (Fsp3) is 0.192. The predicted octanol–water partition coefficient (Wildman–Crippen LogP) is 4.88. The largest absolute Gasteiger partial charge is 0.494 e. The Hall–Kier alpha value is -4.60. The lowest BCUT2D eigenvalue weighted by Crippen LogP contribution is -2.15. The SMILES string of the molecule is CCCCOc1ccc(C(=O)Nc2cc(C)nn2-c2ncnc3c2cnn3-c2ccc(F)cc2)cc1. The summed E-state index contributed by atoms with van der Waals surface area (Å²) in [6, 6.07) is 14.7. The molecule has 0 aliphatic rings. The van der Waals surface area contributed by atoms with E-state index >= 15 is 0 Å². The summed E-state index contributed by atoms with van der Waals surface area (Å²) in [5, 5.41) is 12.5. The zero-order valence-electron chi connectivity index (χ0n) is 19.8. The Morgan fingerprint density at radius 3 is 2.58 bits per heavy atom. The maximum Gasteiger partial charge on any atom is 0.256 e. The standard InChI is InChI=1S/C26H24FN7O2/c1-3-4-13-36-21-11-5-18(6-12-21)26(35)31-23-14-17(2)32-34(23)25-22-15-30-33(24(22)28-16-29-25)20-9-7-19(27)8-10-20/h5-12,14-16H,3-4,13H2,1-2H3,(H,31,35). The number of rotatable bonds is 8. The van der Waals surface area contributed by atoms with Gasteiger partial charge in [0.25, 0.3) is 5.91 Å². The van der Waals surface area contributed by atoms with Crippen LogP contribution in [0.25, 0.3) is 22.5 Å². The van der Waals surface area contributed by atoms with Crippen molar-refractivity contribution in [2.45, 2.75) is 26.7 Å². The highest BCUT2D eigenvalue weighted by atomic mass is 19.1. The number of ether oxygens (including phenoxy) is 1. The lowest BCUT2D eigenvalue weighted by atomic mass is 10.2. The maximum atomic E-state index is 13.4. The number of unbranched alkanes of at least 4 members (excludes halogenated alkanes) is 1. The molecule has 182 valence electrons. The number of hydrogen-bond acceptors (Lipinski definition) is 6. The first kappa shape index (κ1) is 23.2. The second kappa shape index (κ2) is 9.95. The number of fused-ring (bicyclic) bond motifs is 1. The van der Waals surface area contributed by atoms with Crippen molar-refractivity contribution in [1.29, 1.82) is 0 Å². The van der Waals surface area contributed by atoms with Gasteiger partial charge < -0.3 is 10.1 Å². The van der Waals surface area contributed by atoms with Gasteiger partial charge in [-0.2, -0.15) is 14.9 Å². The number of aromatic nitrogens is 6. The van der Waals surface area contributed by atoms with Gasteiger partial charge in [-0.3, -0.25) is 4.79 Å². The molecule has 0 saturated heterocycles. The number of carbonyl (C=O) groups is 1. The van der Waals surface area contributed by atoms with E-state index in [1.807, 2.05) is 6.92 Å². The molecule has 0 spiro atoms. The monoisotopic (exact) mass is 485 g/mol. The Labute approximate surface area is 206 Å². The summed E-state index contributed by atoms with van der Waals surface area (Å²) in [5.74, 6) is 1.01. The van der Waals surface area contributed by atoms with E-state index in [0.717, 1.165) is 18.6 Å². The average Bonchev–Trinajstić information content (AvgIpc) is 3.48. The Bertz CT molecular complexity index is 1510. The maximum absolute atomic E-state index is 13.4. The minimum Gasteiger partial charge on any atom is -0.494 e. The predicted molar refractivity (Wildman–Crippen MR) is 133 cm³/mol. The van der Waals surface area contributed by atoms with E-state index in [2.05, 4.69) is 32.4 Å². The van der Waals surface area contributed by atoms with Gasteiger partial charge in [-0.15, -0.1) is 0 Å². The van der Waals surface area contributed by atoms with Gasteiger partial charge in [0.05, 0.1) is 29.6 Å². The summed E-state index contributed by atoms with van der Waals surface area (Å²) in [5.41, 5.74) is 2.36. The van der Waals surface area contributed by atoms with Crippen molar-refractivity contribution in [3.05, 3.63) is 84.2 Å². The van der Waals surface area contributed by atoms with Crippen LogP contribution in [0.4, 0.5) is 10.2 Å². The molecule has 1 amide bonds. The highest BCUT2D eigenvalue weighted by Crippen LogP contribution is 2.25. The van der Waals surface area contributed by atoms with E-state index < -0.39 is 0 Å². The zero-order chi connectivity index (χ0) is 25.1. The molecule has 1 N–H and O–H groups in total. The molecule has 0 aliphatic heterocycles. The molecular weight excluding hydrogens is 461 g/mol. The van der Waals surface area contributed by atoms with E-state index in [4.69, 9.17) is 4.74 Å². The van der Waals surface area contributed by atoms with Crippen molar-refractivity contribution in [3.63, 3.8) is 0 Å². The van der Waals surface area contributed by atoms with Gasteiger partial charge in [0, 0.05) is 11.6 Å². The molecule has 0 aliphatic carbocycles. The summed E-state index contributed by atoms with van der Waals surface area (Å²) >= 11 is 0. The van der Waals surface area contributed by atoms with Gasteiger partial charge in [-0.25, -0.2) is 19.0 Å². The summed E-state index contributed by atoms with van der Waals surface area (Å²) in [4.78, 5) is 21.8. The lowest BCUT2D eigenvalue weighted by molar-refractivity contribution is 0.102. The Balaban J connectivity index is 1.43. The number of halogens is 1. The molecule has 3 aromatic heterocycles. The molecule has 5 rings (SSSR count). The Morgan fingerprint density at radius 1 is 1.06 bits per heavy atom. The Kier molecular flexibility index (Phi) is 6.40. The summed E-state index contributed by atoms with van der Waals surface area (Å²) in [7, 11) is 0. The van der Waals surface area contributed by atoms with E-state index in [1.165, 1.54) is 18.5 Å². The first-order chi connectivity index (χ1) is 17.5. The molecule has 0 fully saturated rings. The fourth-order valence-corrected chi connectivity index (χ4v) is 3.75. The smallest absolute Gasteiger partial charge is 0.256 e. The number of nitrogens with zero attached hydrogens (tertiary/aromatic N) is 6. The van der Waals surface area contributed by atoms with E-state index in [0.29, 0.717) is 46.2 Å². The normalized spacial score (nSPS) is 11.1. The number of hydrogen-bond donors (Lipinski definition) is 1. The van der Waals surface area contributed by atoms with Crippen molar-refractivity contribution in [2.75, 3.05) is 11.9 Å². The second-order valence-electron chi connectivity index (χ2n) is 8.23. The lowest BCUT2D eigenvalue weighted by Gasteiger charge is -2.10. The Morgan fingerprint density at radius 2 is 1.83 bits per heavy atom. The number of amides is 1. The quantitative estimate of drug-likeness (QED) is 0.315. The van der Waals surface area contributed by atoms with Crippen LogP contribution in [0, 0.1) is 12.7 Å². The highest BCUT2D eigenvalue weighted by molar-refractivity contribution is 6.04. The van der Waals surface area contributed by atoms with Crippen LogP contribution in [0.5, 0.6) is 5.75 Å². The molecule has 0 bridgehead atoms. The van der Waals surface area contributed by atoms with Crippen molar-refractivity contribution < 1.29 is 13.9 Å². The first-order valence-electron chi connectivity index (χ1n) is 11.6. The van der Waals surface area contributed by atoms with Gasteiger partial charge in [-0.05, 0) is 61.9 Å². The minimum atomic E-state index is -0.336. The minimum absolute atomic E-state index is 0.288. The number of anilines is 1. The zero-order valence-corrected chi connectivity index (χ0v) is 19.8. The number of benzene rings is 2. The molecule has 5 aromatic rings. The van der Waals surface area contributed by atoms with Gasteiger partial charge >= 0.3 is 0 Å². The van der Waals surface area contributed by atoms with Crippen LogP contribution >= 0.6 is 0 Å². The van der Waals surface area contributed by atoms with Crippen LogP contribution in [-0.4, -0.2) is 42.0 Å². The topological polar surface area (TPSA) is 99.8 Å². The molecule has 9 nitrogen and oxygen atoms in total. The highest BCUT2D eigenvalue weighted by Gasteiger charge is 2.18. The molecule has 0 unspecified atom stereocenters. The van der Waals surface area contributed by atoms with Gasteiger partial charge in [-0.1, -0.05) is 13.3 Å². The number of aryl methyl sites for hydroxylation is 1. The molecule has 0 radical (unpaired) electrons. The molecule has 0 atom stereocenters. The second-order valence-corrected chi connectivity index (χ2v) is 8.23. The first-order valence-corrected chi connectivity index (χ1v) is 11.6. The summed E-state index contributed by atoms with van der Waals surface area (Å²) < 4.78 is 22.2. The van der Waals surface area contributed by atoms with E-state index in [9.17, 15) is 9.18 Å². The van der Waals surface area contributed by atoms with Crippen LogP contribution in [0.15, 0.2) is 67.1 Å². The number of nitrogens with one attached hydrogen (secondary N) is 1. The summed E-state index contributed by atoms with van der Waals surface area (Å²) in [6.07, 6.45) is 5.05. The average molecular weight is 486 g/mol. The van der Waals surface area contributed by atoms with E-state index in [1.54, 1.807) is 58.0 Å². The van der Waals surface area contributed by atoms with Crippen LogP contribution < -0.4 is 10.1 Å². The molecular formula is C26H24FN7O2. The molecule has 2 aromatic carbocycles. The molecule has 0 saturated carbocycles. The van der Waals surface area contributed by atoms with Gasteiger partial charge in [0.1, 0.15) is 23.7 Å².